The molecular formula is C12H17N3. The standard InChI is InChI=1S/C12H17N3/c1-12(2)8-10(12)11(15-13)14-9-6-4-3-5-7-9/h3-7,10H,8,13H2,1-2H3,(H,14,15). The Kier molecular flexibility index (Phi) is 2.49. The topological polar surface area (TPSA) is 50.4 Å². The van der Waals surface area contributed by atoms with E-state index < -0.39 is 0 Å². The molecule has 0 aliphatic heterocycles. The van der Waals surface area contributed by atoms with E-state index in [-0.39, 0.29) is 0 Å². The lowest BCUT2D eigenvalue weighted by Gasteiger charge is -2.07. The van der Waals surface area contributed by atoms with Crippen LogP contribution in [0.1, 0.15) is 20.3 Å². The van der Waals surface area contributed by atoms with Crippen LogP contribution in [0.4, 0.5) is 5.69 Å². The Morgan fingerprint density at radius 2 is 2.00 bits per heavy atom. The quantitative estimate of drug-likeness (QED) is 0.335. The Balaban J connectivity index is 2.18. The Morgan fingerprint density at radius 3 is 2.47 bits per heavy atom. The van der Waals surface area contributed by atoms with E-state index in [1.54, 1.807) is 0 Å². The van der Waals surface area contributed by atoms with Crippen molar-refractivity contribution in [1.29, 1.82) is 0 Å². The molecule has 3 N–H and O–H groups in total. The van der Waals surface area contributed by atoms with E-state index >= 15 is 0 Å². The summed E-state index contributed by atoms with van der Waals surface area (Å²) in [6.45, 7) is 4.46. The van der Waals surface area contributed by atoms with Gasteiger partial charge in [-0.25, -0.2) is 10.8 Å². The molecule has 0 bridgehead atoms. The maximum atomic E-state index is 5.50. The first-order valence-electron chi connectivity index (χ1n) is 5.24. The SMILES string of the molecule is CC1(C)CC1C(=Nc1ccccc1)NN. The molecule has 0 heterocycles. The number of amidine groups is 1. The van der Waals surface area contributed by atoms with Crippen molar-refractivity contribution in [3.8, 4) is 0 Å². The number of nitrogens with two attached hydrogens (primary N) is 1. The predicted octanol–water partition coefficient (Wildman–Crippen LogP) is 2.23. The Morgan fingerprint density at radius 1 is 1.40 bits per heavy atom. The highest BCUT2D eigenvalue weighted by Gasteiger charge is 2.48. The minimum absolute atomic E-state index is 0.347. The number of nitrogens with zero attached hydrogens (tertiary/aromatic N) is 1. The van der Waals surface area contributed by atoms with Crippen molar-refractivity contribution in [2.45, 2.75) is 20.3 Å². The minimum atomic E-state index is 0.347. The molecule has 1 fully saturated rings. The molecule has 1 aromatic carbocycles. The third-order valence-corrected chi connectivity index (χ3v) is 3.00. The van der Waals surface area contributed by atoms with E-state index in [1.165, 1.54) is 0 Å². The fraction of sp³-hybridized carbons (Fsp3) is 0.417. The van der Waals surface area contributed by atoms with Gasteiger partial charge in [0.1, 0.15) is 5.84 Å². The lowest BCUT2D eigenvalue weighted by atomic mass is 10.1. The Bertz CT molecular complexity index is 368. The van der Waals surface area contributed by atoms with E-state index in [0.717, 1.165) is 17.9 Å². The van der Waals surface area contributed by atoms with Gasteiger partial charge >= 0.3 is 0 Å². The fourth-order valence-electron chi connectivity index (χ4n) is 1.79. The lowest BCUT2D eigenvalue weighted by molar-refractivity contribution is 0.615. The molecule has 1 aliphatic rings. The molecule has 1 aromatic rings. The van der Waals surface area contributed by atoms with Gasteiger partial charge in [-0.15, -0.1) is 0 Å². The highest BCUT2D eigenvalue weighted by atomic mass is 15.3. The first-order valence-corrected chi connectivity index (χ1v) is 5.24. The predicted molar refractivity (Wildman–Crippen MR) is 62.7 cm³/mol. The molecule has 1 atom stereocenters. The molecule has 2 rings (SSSR count). The first-order chi connectivity index (χ1) is 7.13. The van der Waals surface area contributed by atoms with Gasteiger partial charge in [0.05, 0.1) is 5.69 Å². The second kappa shape index (κ2) is 3.66. The molecule has 3 heteroatoms. The van der Waals surface area contributed by atoms with Crippen LogP contribution in [0.2, 0.25) is 0 Å². The van der Waals surface area contributed by atoms with Crippen molar-refractivity contribution < 1.29 is 0 Å². The van der Waals surface area contributed by atoms with Crippen LogP contribution in [0, 0.1) is 11.3 Å². The van der Waals surface area contributed by atoms with E-state index in [2.05, 4.69) is 24.3 Å². The van der Waals surface area contributed by atoms with Gasteiger partial charge in [0.15, 0.2) is 0 Å². The summed E-state index contributed by atoms with van der Waals surface area (Å²) in [5, 5.41) is 0. The van der Waals surface area contributed by atoms with Crippen molar-refractivity contribution in [1.82, 2.24) is 5.43 Å². The summed E-state index contributed by atoms with van der Waals surface area (Å²) in [4.78, 5) is 4.52. The lowest BCUT2D eigenvalue weighted by Crippen LogP contribution is -2.32. The zero-order valence-electron chi connectivity index (χ0n) is 9.20. The molecule has 0 saturated heterocycles. The smallest absolute Gasteiger partial charge is 0.120 e. The van der Waals surface area contributed by atoms with Crippen molar-refractivity contribution in [2.75, 3.05) is 0 Å². The van der Waals surface area contributed by atoms with Gasteiger partial charge < -0.3 is 5.43 Å². The van der Waals surface area contributed by atoms with Gasteiger partial charge in [0.2, 0.25) is 0 Å². The van der Waals surface area contributed by atoms with Crippen LogP contribution in [0.5, 0.6) is 0 Å². The van der Waals surface area contributed by atoms with Crippen LogP contribution < -0.4 is 11.3 Å². The van der Waals surface area contributed by atoms with Gasteiger partial charge in [-0.1, -0.05) is 32.0 Å². The number of hydrazine groups is 1. The molecule has 15 heavy (non-hydrogen) atoms. The van der Waals surface area contributed by atoms with Gasteiger partial charge in [0.25, 0.3) is 0 Å². The molecule has 0 aromatic heterocycles. The summed E-state index contributed by atoms with van der Waals surface area (Å²) in [6.07, 6.45) is 1.16. The molecule has 1 unspecified atom stereocenters. The number of nitrogens with one attached hydrogen (secondary N) is 1. The fourth-order valence-corrected chi connectivity index (χ4v) is 1.79. The van der Waals surface area contributed by atoms with Crippen molar-refractivity contribution >= 4 is 11.5 Å². The second-order valence-corrected chi connectivity index (χ2v) is 4.72. The summed E-state index contributed by atoms with van der Waals surface area (Å²) in [5.74, 6) is 6.87. The van der Waals surface area contributed by atoms with E-state index in [0.29, 0.717) is 11.3 Å². The number of aliphatic imine (C=N–C) groups is 1. The van der Waals surface area contributed by atoms with Crippen molar-refractivity contribution in [3.63, 3.8) is 0 Å². The highest BCUT2D eigenvalue weighted by molar-refractivity contribution is 5.89. The molecule has 80 valence electrons. The summed E-state index contributed by atoms with van der Waals surface area (Å²) in [7, 11) is 0. The normalized spacial score (nSPS) is 23.7. The molecule has 3 nitrogen and oxygen atoms in total. The first kappa shape index (κ1) is 10.2. The summed E-state index contributed by atoms with van der Waals surface area (Å²) in [5.41, 5.74) is 4.02. The van der Waals surface area contributed by atoms with Crippen LogP contribution in [-0.2, 0) is 0 Å². The Hall–Kier alpha value is -1.35. The van der Waals surface area contributed by atoms with Crippen LogP contribution >= 0.6 is 0 Å². The third-order valence-electron chi connectivity index (χ3n) is 3.00. The Labute approximate surface area is 90.4 Å². The average Bonchev–Trinajstić information content (AvgIpc) is 2.86. The van der Waals surface area contributed by atoms with Crippen LogP contribution in [0.15, 0.2) is 35.3 Å². The van der Waals surface area contributed by atoms with Gasteiger partial charge in [-0.3, -0.25) is 0 Å². The molecule has 0 spiro atoms. The maximum absolute atomic E-state index is 5.50. The van der Waals surface area contributed by atoms with E-state index in [4.69, 9.17) is 5.84 Å². The van der Waals surface area contributed by atoms with Gasteiger partial charge in [-0.05, 0) is 24.0 Å². The minimum Gasteiger partial charge on any atom is -0.312 e. The molecular weight excluding hydrogens is 186 g/mol. The number of benzene rings is 1. The third kappa shape index (κ3) is 2.18. The average molecular weight is 203 g/mol. The van der Waals surface area contributed by atoms with E-state index in [9.17, 15) is 0 Å². The van der Waals surface area contributed by atoms with Crippen LogP contribution in [0.25, 0.3) is 0 Å². The van der Waals surface area contributed by atoms with Crippen molar-refractivity contribution in [3.05, 3.63) is 30.3 Å². The molecule has 0 radical (unpaired) electrons. The van der Waals surface area contributed by atoms with Gasteiger partial charge in [0, 0.05) is 5.92 Å². The van der Waals surface area contributed by atoms with Crippen molar-refractivity contribution in [2.24, 2.45) is 22.2 Å². The van der Waals surface area contributed by atoms with Crippen LogP contribution in [0.3, 0.4) is 0 Å². The summed E-state index contributed by atoms with van der Waals surface area (Å²) >= 11 is 0. The van der Waals surface area contributed by atoms with Crippen LogP contribution in [-0.4, -0.2) is 5.84 Å². The number of hydrogen-bond acceptors (Lipinski definition) is 2. The maximum Gasteiger partial charge on any atom is 0.120 e. The van der Waals surface area contributed by atoms with Gasteiger partial charge in [-0.2, -0.15) is 0 Å². The molecule has 1 saturated carbocycles. The zero-order chi connectivity index (χ0) is 10.9. The number of rotatable bonds is 2. The highest BCUT2D eigenvalue weighted by Crippen LogP contribution is 2.52. The zero-order valence-corrected chi connectivity index (χ0v) is 9.20. The second-order valence-electron chi connectivity index (χ2n) is 4.72. The monoisotopic (exact) mass is 203 g/mol. The number of para-hydroxylation sites is 1. The summed E-state index contributed by atoms with van der Waals surface area (Å²) < 4.78 is 0. The number of hydrogen-bond donors (Lipinski definition) is 2. The van der Waals surface area contributed by atoms with E-state index in [1.807, 2.05) is 30.3 Å². The summed E-state index contributed by atoms with van der Waals surface area (Å²) in [6, 6.07) is 9.89. The largest absolute Gasteiger partial charge is 0.312 e. The molecule has 1 aliphatic carbocycles. The molecule has 0 amide bonds.